The van der Waals surface area contributed by atoms with E-state index in [9.17, 15) is 0 Å². The molecule has 0 fully saturated rings. The van der Waals surface area contributed by atoms with Crippen molar-refractivity contribution in [2.75, 3.05) is 0 Å². The monoisotopic (exact) mass is 764 g/mol. The fourth-order valence-corrected chi connectivity index (χ4v) is 11.2. The van der Waals surface area contributed by atoms with Crippen molar-refractivity contribution in [3.63, 3.8) is 0 Å². The number of benzene rings is 8. The van der Waals surface area contributed by atoms with E-state index in [0.717, 1.165) is 28.4 Å². The van der Waals surface area contributed by atoms with Gasteiger partial charge >= 0.3 is 0 Å². The molecule has 0 spiro atoms. The van der Waals surface area contributed by atoms with E-state index in [-0.39, 0.29) is 6.17 Å². The summed E-state index contributed by atoms with van der Waals surface area (Å²) in [7, 11) is 0. The number of rotatable bonds is 5. The maximum atomic E-state index is 5.17. The summed E-state index contributed by atoms with van der Waals surface area (Å²) in [4.78, 5) is 10.3. The summed E-state index contributed by atoms with van der Waals surface area (Å²) < 4.78 is 7.52. The van der Waals surface area contributed by atoms with Crippen molar-refractivity contribution in [1.29, 1.82) is 0 Å². The second kappa shape index (κ2) is 12.8. The summed E-state index contributed by atoms with van der Waals surface area (Å²) >= 11 is 3.73. The van der Waals surface area contributed by atoms with Crippen LogP contribution in [0.1, 0.15) is 22.9 Å². The fourth-order valence-electron chi connectivity index (χ4n) is 8.69. The zero-order valence-electron chi connectivity index (χ0n) is 30.6. The third-order valence-electron chi connectivity index (χ3n) is 11.3. The molecule has 0 saturated carbocycles. The van der Waals surface area contributed by atoms with Gasteiger partial charge in [-0.05, 0) is 53.1 Å². The molecule has 0 saturated heterocycles. The molecule has 3 aromatic heterocycles. The molecule has 0 aliphatic carbocycles. The summed E-state index contributed by atoms with van der Waals surface area (Å²) in [6.45, 7) is 0. The standard InChI is InChI=1S/C51H32N4S2/c1-3-14-31(15-4-1)49-52-50(32-16-5-2-6-17-32)54-51(53-49)40-23-12-22-38-37-21-11-20-34(47(37)57-48(38)40)33-28-29-39-45(30-33)56-44-27-13-26-43(46(39)44)55-41-24-9-7-18-35(41)36-19-8-10-25-42(36)55/h1-30,49H,(H,52,53,54). The molecule has 0 bridgehead atoms. The SMILES string of the molecule is c1ccc(C2=NC(c3ccccc3)NC(c3cccc4c3sc3c(-c5ccc6c(c5)sc5cccc(-n7c8ccccc8c8ccccc87)c56)cccc34)=N2)cc1. The second-order valence-corrected chi connectivity index (χ2v) is 16.6. The van der Waals surface area contributed by atoms with Crippen molar-refractivity contribution < 1.29 is 0 Å². The van der Waals surface area contributed by atoms with E-state index in [0.29, 0.717) is 0 Å². The fraction of sp³-hybridized carbons (Fsp3) is 0.0196. The zero-order chi connectivity index (χ0) is 37.5. The number of nitrogens with zero attached hydrogens (tertiary/aromatic N) is 3. The summed E-state index contributed by atoms with van der Waals surface area (Å²) in [6, 6.07) is 65.4. The Kier molecular flexibility index (Phi) is 7.30. The van der Waals surface area contributed by atoms with Gasteiger partial charge in [-0.2, -0.15) is 0 Å². The Morgan fingerprint density at radius 3 is 1.86 bits per heavy atom. The van der Waals surface area contributed by atoms with Gasteiger partial charge in [-0.15, -0.1) is 22.7 Å². The summed E-state index contributed by atoms with van der Waals surface area (Å²) in [5, 5.41) is 11.3. The largest absolute Gasteiger partial charge is 0.344 e. The van der Waals surface area contributed by atoms with Gasteiger partial charge in [0.2, 0.25) is 0 Å². The van der Waals surface area contributed by atoms with Gasteiger partial charge in [0.15, 0.2) is 5.84 Å². The lowest BCUT2D eigenvalue weighted by Crippen LogP contribution is -2.33. The highest BCUT2D eigenvalue weighted by molar-refractivity contribution is 7.27. The first-order valence-corrected chi connectivity index (χ1v) is 20.8. The highest BCUT2D eigenvalue weighted by Gasteiger charge is 2.24. The van der Waals surface area contributed by atoms with Gasteiger partial charge in [-0.3, -0.25) is 0 Å². The first kappa shape index (κ1) is 32.4. The van der Waals surface area contributed by atoms with Crippen LogP contribution in [0.15, 0.2) is 192 Å². The number of hydrogen-bond donors (Lipinski definition) is 1. The van der Waals surface area contributed by atoms with E-state index in [1.165, 1.54) is 79.0 Å². The lowest BCUT2D eigenvalue weighted by atomic mass is 10.0. The van der Waals surface area contributed by atoms with E-state index in [1.807, 2.05) is 46.9 Å². The van der Waals surface area contributed by atoms with Crippen LogP contribution < -0.4 is 5.32 Å². The Morgan fingerprint density at radius 1 is 0.474 bits per heavy atom. The Balaban J connectivity index is 1.00. The molecule has 1 unspecified atom stereocenters. The van der Waals surface area contributed by atoms with Crippen LogP contribution in [0.2, 0.25) is 0 Å². The molecule has 1 atom stereocenters. The lowest BCUT2D eigenvalue weighted by molar-refractivity contribution is 0.674. The topological polar surface area (TPSA) is 41.7 Å². The Bertz CT molecular complexity index is 3390. The average Bonchev–Trinajstić information content (AvgIpc) is 3.96. The molecule has 57 heavy (non-hydrogen) atoms. The molecule has 0 amide bonds. The van der Waals surface area contributed by atoms with Gasteiger partial charge in [0.25, 0.3) is 0 Å². The minimum Gasteiger partial charge on any atom is -0.344 e. The molecule has 4 heterocycles. The highest BCUT2D eigenvalue weighted by Crippen LogP contribution is 2.45. The van der Waals surface area contributed by atoms with Crippen LogP contribution >= 0.6 is 22.7 Å². The van der Waals surface area contributed by atoms with Crippen LogP contribution in [-0.2, 0) is 0 Å². The molecule has 1 aliphatic rings. The van der Waals surface area contributed by atoms with Gasteiger partial charge < -0.3 is 9.88 Å². The summed E-state index contributed by atoms with van der Waals surface area (Å²) in [5.74, 6) is 1.57. The Labute approximate surface area is 336 Å². The van der Waals surface area contributed by atoms with Crippen LogP contribution in [0.5, 0.6) is 0 Å². The number of fused-ring (bicyclic) bond motifs is 9. The van der Waals surface area contributed by atoms with E-state index >= 15 is 0 Å². The average molecular weight is 765 g/mol. The molecule has 0 radical (unpaired) electrons. The second-order valence-electron chi connectivity index (χ2n) is 14.5. The van der Waals surface area contributed by atoms with Crippen LogP contribution in [0, 0.1) is 0 Å². The van der Waals surface area contributed by atoms with Gasteiger partial charge in [0, 0.05) is 62.2 Å². The molecule has 11 aromatic rings. The smallest absolute Gasteiger partial charge is 0.159 e. The minimum absolute atomic E-state index is 0.252. The number of aromatic nitrogens is 1. The number of amidine groups is 2. The summed E-state index contributed by atoms with van der Waals surface area (Å²) in [6.07, 6.45) is -0.252. The molecule has 1 N–H and O–H groups in total. The van der Waals surface area contributed by atoms with E-state index in [2.05, 4.69) is 168 Å². The third-order valence-corrected chi connectivity index (χ3v) is 13.7. The molecule has 8 aromatic carbocycles. The number of nitrogens with one attached hydrogen (secondary N) is 1. The van der Waals surface area contributed by atoms with Gasteiger partial charge in [0.1, 0.15) is 12.0 Å². The first-order valence-electron chi connectivity index (χ1n) is 19.2. The van der Waals surface area contributed by atoms with Crippen molar-refractivity contribution in [3.8, 4) is 16.8 Å². The lowest BCUT2D eigenvalue weighted by Gasteiger charge is -2.24. The first-order chi connectivity index (χ1) is 28.3. The predicted molar refractivity (Wildman–Crippen MR) is 244 cm³/mol. The normalized spacial score (nSPS) is 14.5. The predicted octanol–water partition coefficient (Wildman–Crippen LogP) is 13.7. The number of aliphatic imine (C=N–C) groups is 2. The number of para-hydroxylation sites is 2. The molecular weight excluding hydrogens is 733 g/mol. The van der Waals surface area contributed by atoms with Crippen molar-refractivity contribution in [2.45, 2.75) is 6.17 Å². The Hall–Kier alpha value is -6.86. The van der Waals surface area contributed by atoms with Gasteiger partial charge in [0.05, 0.1) is 16.7 Å². The van der Waals surface area contributed by atoms with E-state index in [1.54, 1.807) is 0 Å². The van der Waals surface area contributed by atoms with Crippen LogP contribution in [0.3, 0.4) is 0 Å². The highest BCUT2D eigenvalue weighted by atomic mass is 32.1. The van der Waals surface area contributed by atoms with Crippen LogP contribution in [0.4, 0.5) is 0 Å². The maximum Gasteiger partial charge on any atom is 0.159 e. The number of thiophene rings is 2. The molecule has 12 rings (SSSR count). The molecular formula is C51H32N4S2. The van der Waals surface area contributed by atoms with Crippen molar-refractivity contribution in [1.82, 2.24) is 9.88 Å². The quantitative estimate of drug-likeness (QED) is 0.186. The molecule has 1 aliphatic heterocycles. The van der Waals surface area contributed by atoms with Crippen LogP contribution in [-0.4, -0.2) is 16.2 Å². The Morgan fingerprint density at radius 2 is 1.11 bits per heavy atom. The number of hydrogen-bond acceptors (Lipinski definition) is 5. The van der Waals surface area contributed by atoms with E-state index < -0.39 is 0 Å². The zero-order valence-corrected chi connectivity index (χ0v) is 32.2. The van der Waals surface area contributed by atoms with E-state index in [4.69, 9.17) is 9.98 Å². The minimum atomic E-state index is -0.252. The van der Waals surface area contributed by atoms with Crippen LogP contribution in [0.25, 0.3) is 79.0 Å². The third kappa shape index (κ3) is 5.11. The van der Waals surface area contributed by atoms with Crippen molar-refractivity contribution >= 4 is 96.5 Å². The molecule has 6 heteroatoms. The van der Waals surface area contributed by atoms with Crippen molar-refractivity contribution in [2.24, 2.45) is 9.98 Å². The summed E-state index contributed by atoms with van der Waals surface area (Å²) in [5.41, 5.74) is 9.33. The van der Waals surface area contributed by atoms with Gasteiger partial charge in [-0.1, -0.05) is 146 Å². The van der Waals surface area contributed by atoms with Gasteiger partial charge in [-0.25, -0.2) is 9.98 Å². The maximum absolute atomic E-state index is 5.17. The van der Waals surface area contributed by atoms with Crippen molar-refractivity contribution in [3.05, 3.63) is 199 Å². The molecule has 4 nitrogen and oxygen atoms in total. The molecule has 268 valence electrons.